The first-order chi connectivity index (χ1) is 9.47. The monoisotopic (exact) mass is 274 g/mol. The van der Waals surface area contributed by atoms with Crippen molar-refractivity contribution in [1.82, 2.24) is 19.9 Å². The van der Waals surface area contributed by atoms with Crippen LogP contribution in [0.1, 0.15) is 6.92 Å². The Labute approximate surface area is 111 Å². The molecule has 0 atom stereocenters. The number of rotatable bonds is 0. The second-order valence-corrected chi connectivity index (χ2v) is 3.84. The van der Waals surface area contributed by atoms with E-state index in [4.69, 9.17) is 9.90 Å². The lowest BCUT2D eigenvalue weighted by Crippen LogP contribution is -2.23. The molecule has 0 amide bonds. The third kappa shape index (κ3) is 2.86. The highest BCUT2D eigenvalue weighted by Gasteiger charge is 2.05. The van der Waals surface area contributed by atoms with Crippen LogP contribution in [0.15, 0.2) is 33.9 Å². The molecule has 0 radical (unpaired) electrons. The fraction of sp³-hybridized carbons (Fsp3) is 0.0833. The number of carboxylic acids is 1. The first-order valence-electron chi connectivity index (χ1n) is 5.56. The van der Waals surface area contributed by atoms with Crippen LogP contribution in [0.3, 0.4) is 0 Å². The highest BCUT2D eigenvalue weighted by molar-refractivity contribution is 5.83. The van der Waals surface area contributed by atoms with Crippen LogP contribution in [0.4, 0.5) is 0 Å². The number of nitrogens with zero attached hydrogens (tertiary/aromatic N) is 2. The van der Waals surface area contributed by atoms with Crippen molar-refractivity contribution in [3.8, 4) is 0 Å². The summed E-state index contributed by atoms with van der Waals surface area (Å²) in [5.74, 6) is -0.833. The molecule has 0 fully saturated rings. The number of H-pyrrole nitrogens is 2. The van der Waals surface area contributed by atoms with Gasteiger partial charge in [-0.2, -0.15) is 0 Å². The SMILES string of the molecule is CC(=O)O.O=c1[nH]c(=O)c2nc3ccccc3nc2[nH]1. The van der Waals surface area contributed by atoms with Gasteiger partial charge in [-0.25, -0.2) is 14.8 Å². The molecule has 2 heterocycles. The van der Waals surface area contributed by atoms with Crippen molar-refractivity contribution < 1.29 is 9.90 Å². The molecule has 3 aromatic rings. The molecule has 0 saturated carbocycles. The molecule has 102 valence electrons. The zero-order valence-electron chi connectivity index (χ0n) is 10.4. The Balaban J connectivity index is 0.000000328. The van der Waals surface area contributed by atoms with E-state index in [1.807, 2.05) is 12.1 Å². The molecule has 0 saturated heterocycles. The van der Waals surface area contributed by atoms with Gasteiger partial charge in [-0.15, -0.1) is 0 Å². The van der Waals surface area contributed by atoms with Crippen LogP contribution in [0.25, 0.3) is 22.2 Å². The normalized spacial score (nSPS) is 10.1. The number of nitrogens with one attached hydrogen (secondary N) is 2. The van der Waals surface area contributed by atoms with Gasteiger partial charge in [0.15, 0.2) is 11.2 Å². The summed E-state index contributed by atoms with van der Waals surface area (Å²) in [5.41, 5.74) is 0.480. The largest absolute Gasteiger partial charge is 0.481 e. The van der Waals surface area contributed by atoms with Gasteiger partial charge in [-0.05, 0) is 12.1 Å². The molecule has 1 aromatic carbocycles. The summed E-state index contributed by atoms with van der Waals surface area (Å²) in [6.45, 7) is 1.08. The number of aliphatic carboxylic acids is 1. The lowest BCUT2D eigenvalue weighted by atomic mass is 10.3. The number of para-hydroxylation sites is 2. The fourth-order valence-electron chi connectivity index (χ4n) is 1.55. The molecule has 0 spiro atoms. The second kappa shape index (κ2) is 5.31. The molecule has 0 unspecified atom stereocenters. The van der Waals surface area contributed by atoms with Gasteiger partial charge in [0.1, 0.15) is 0 Å². The third-order valence-corrected chi connectivity index (χ3v) is 2.24. The minimum absolute atomic E-state index is 0.137. The van der Waals surface area contributed by atoms with Gasteiger partial charge >= 0.3 is 5.69 Å². The summed E-state index contributed by atoms with van der Waals surface area (Å²) in [6.07, 6.45) is 0. The summed E-state index contributed by atoms with van der Waals surface area (Å²) in [6, 6.07) is 7.14. The van der Waals surface area contributed by atoms with E-state index in [0.29, 0.717) is 11.0 Å². The van der Waals surface area contributed by atoms with Gasteiger partial charge in [0, 0.05) is 6.92 Å². The van der Waals surface area contributed by atoms with E-state index in [1.165, 1.54) is 0 Å². The smallest absolute Gasteiger partial charge is 0.327 e. The highest BCUT2D eigenvalue weighted by Crippen LogP contribution is 2.10. The Morgan fingerprint density at radius 3 is 2.25 bits per heavy atom. The van der Waals surface area contributed by atoms with Crippen LogP contribution in [-0.2, 0) is 4.79 Å². The van der Waals surface area contributed by atoms with Crippen molar-refractivity contribution in [3.63, 3.8) is 0 Å². The van der Waals surface area contributed by atoms with Crippen LogP contribution < -0.4 is 11.2 Å². The number of aromatic nitrogens is 4. The third-order valence-electron chi connectivity index (χ3n) is 2.24. The standard InChI is InChI=1S/C10H6N4O2.C2H4O2/c15-9-7-8(13-10(16)14-9)12-6-4-2-1-3-5(6)11-7;1-2(3)4/h1-4H,(H2,12,13,14,15,16);1H3,(H,3,4). The zero-order chi connectivity index (χ0) is 14.7. The average molecular weight is 274 g/mol. The van der Waals surface area contributed by atoms with Gasteiger partial charge in [0.2, 0.25) is 0 Å². The number of carboxylic acid groups (broad SMARTS) is 1. The Kier molecular flexibility index (Phi) is 3.56. The molecule has 3 rings (SSSR count). The summed E-state index contributed by atoms with van der Waals surface area (Å²) in [5, 5.41) is 7.42. The number of hydrogen-bond acceptors (Lipinski definition) is 5. The first kappa shape index (κ1) is 13.4. The number of aromatic amines is 2. The summed E-state index contributed by atoms with van der Waals surface area (Å²) < 4.78 is 0. The van der Waals surface area contributed by atoms with Crippen molar-refractivity contribution in [2.45, 2.75) is 6.92 Å². The van der Waals surface area contributed by atoms with Crippen LogP contribution in [-0.4, -0.2) is 31.0 Å². The predicted octanol–water partition coefficient (Wildman–Crippen LogP) is 0.250. The van der Waals surface area contributed by atoms with E-state index >= 15 is 0 Å². The van der Waals surface area contributed by atoms with E-state index in [2.05, 4.69) is 19.9 Å². The van der Waals surface area contributed by atoms with Gasteiger partial charge in [0.25, 0.3) is 11.5 Å². The van der Waals surface area contributed by atoms with Gasteiger partial charge in [-0.3, -0.25) is 19.6 Å². The second-order valence-electron chi connectivity index (χ2n) is 3.84. The average Bonchev–Trinajstić information content (AvgIpc) is 2.36. The molecule has 0 aliphatic rings. The van der Waals surface area contributed by atoms with Gasteiger partial charge in [0.05, 0.1) is 11.0 Å². The molecule has 0 aliphatic heterocycles. The summed E-state index contributed by atoms with van der Waals surface area (Å²) in [7, 11) is 0. The lowest BCUT2D eigenvalue weighted by Gasteiger charge is -1.98. The van der Waals surface area contributed by atoms with E-state index in [9.17, 15) is 9.59 Å². The predicted molar refractivity (Wildman–Crippen MR) is 71.6 cm³/mol. The Hall–Kier alpha value is -3.03. The van der Waals surface area contributed by atoms with Gasteiger partial charge in [-0.1, -0.05) is 12.1 Å². The first-order valence-corrected chi connectivity index (χ1v) is 5.56. The zero-order valence-corrected chi connectivity index (χ0v) is 10.4. The molecular formula is C12H10N4O4. The van der Waals surface area contributed by atoms with Crippen molar-refractivity contribution in [2.75, 3.05) is 0 Å². The van der Waals surface area contributed by atoms with E-state index < -0.39 is 17.2 Å². The number of benzene rings is 1. The topological polar surface area (TPSA) is 129 Å². The molecule has 0 bridgehead atoms. The van der Waals surface area contributed by atoms with Crippen molar-refractivity contribution in [2.24, 2.45) is 0 Å². The van der Waals surface area contributed by atoms with Crippen LogP contribution in [0, 0.1) is 0 Å². The number of carbonyl (C=O) groups is 1. The van der Waals surface area contributed by atoms with Crippen LogP contribution in [0.2, 0.25) is 0 Å². The van der Waals surface area contributed by atoms with Gasteiger partial charge < -0.3 is 5.11 Å². The van der Waals surface area contributed by atoms with Crippen molar-refractivity contribution >= 4 is 28.2 Å². The molecule has 8 nitrogen and oxygen atoms in total. The highest BCUT2D eigenvalue weighted by atomic mass is 16.4. The van der Waals surface area contributed by atoms with Crippen LogP contribution in [0.5, 0.6) is 0 Å². The maximum atomic E-state index is 11.5. The fourth-order valence-corrected chi connectivity index (χ4v) is 1.55. The molecule has 2 aromatic heterocycles. The number of fused-ring (bicyclic) bond motifs is 2. The molecule has 8 heteroatoms. The van der Waals surface area contributed by atoms with E-state index in [1.54, 1.807) is 12.1 Å². The lowest BCUT2D eigenvalue weighted by molar-refractivity contribution is -0.134. The Bertz CT molecular complexity index is 893. The minimum Gasteiger partial charge on any atom is -0.481 e. The molecular weight excluding hydrogens is 264 g/mol. The summed E-state index contributed by atoms with van der Waals surface area (Å²) >= 11 is 0. The molecule has 0 aliphatic carbocycles. The van der Waals surface area contributed by atoms with E-state index in [0.717, 1.165) is 6.92 Å². The van der Waals surface area contributed by atoms with Crippen molar-refractivity contribution in [3.05, 3.63) is 45.1 Å². The minimum atomic E-state index is -0.833. The van der Waals surface area contributed by atoms with Crippen molar-refractivity contribution in [1.29, 1.82) is 0 Å². The quantitative estimate of drug-likeness (QED) is 0.504. The van der Waals surface area contributed by atoms with Crippen LogP contribution >= 0.6 is 0 Å². The maximum absolute atomic E-state index is 11.5. The maximum Gasteiger partial charge on any atom is 0.327 e. The number of hydrogen-bond donors (Lipinski definition) is 3. The van der Waals surface area contributed by atoms with E-state index in [-0.39, 0.29) is 11.2 Å². The molecule has 3 N–H and O–H groups in total. The summed E-state index contributed by atoms with van der Waals surface area (Å²) in [4.78, 5) is 44.4. The Morgan fingerprint density at radius 2 is 1.65 bits per heavy atom. The molecule has 20 heavy (non-hydrogen) atoms. The Morgan fingerprint density at radius 1 is 1.10 bits per heavy atom.